The number of hydrogen-bond acceptors (Lipinski definition) is 2. The van der Waals surface area contributed by atoms with Gasteiger partial charge in [-0.3, -0.25) is 4.99 Å². The second kappa shape index (κ2) is 9.59. The Morgan fingerprint density at radius 2 is 2.04 bits per heavy atom. The molecule has 2 saturated heterocycles. The van der Waals surface area contributed by atoms with Crippen molar-refractivity contribution >= 4 is 29.9 Å². The van der Waals surface area contributed by atoms with Gasteiger partial charge in [0.15, 0.2) is 5.96 Å². The standard InChI is InChI=1S/C22H33N3O.HI/c1-2-23-21(25-14-13-22(17-25)11-7-12-22)24-16-19-10-6-15-26-20(19)18-8-4-3-5-9-18;/h3-5,8-9,19-20H,2,6-7,10-17H2,1H3,(H,23,24);1H. The molecular weight excluding hydrogens is 449 g/mol. The van der Waals surface area contributed by atoms with E-state index in [9.17, 15) is 0 Å². The van der Waals surface area contributed by atoms with Crippen molar-refractivity contribution in [3.05, 3.63) is 35.9 Å². The first-order valence-electron chi connectivity index (χ1n) is 10.5. The number of rotatable bonds is 4. The van der Waals surface area contributed by atoms with Gasteiger partial charge in [0, 0.05) is 38.7 Å². The lowest BCUT2D eigenvalue weighted by Crippen LogP contribution is -2.43. The first-order chi connectivity index (χ1) is 12.8. The fraction of sp³-hybridized carbons (Fsp3) is 0.682. The summed E-state index contributed by atoms with van der Waals surface area (Å²) in [6.45, 7) is 7.18. The summed E-state index contributed by atoms with van der Waals surface area (Å²) < 4.78 is 6.15. The highest BCUT2D eigenvalue weighted by molar-refractivity contribution is 14.0. The maximum Gasteiger partial charge on any atom is 0.193 e. The summed E-state index contributed by atoms with van der Waals surface area (Å²) in [5.41, 5.74) is 1.91. The van der Waals surface area contributed by atoms with Gasteiger partial charge in [0.05, 0.1) is 6.10 Å². The van der Waals surface area contributed by atoms with Gasteiger partial charge in [-0.05, 0) is 50.0 Å². The minimum absolute atomic E-state index is 0. The Bertz CT molecular complexity index is 617. The van der Waals surface area contributed by atoms with E-state index in [0.717, 1.165) is 38.6 Å². The number of aliphatic imine (C=N–C) groups is 1. The second-order valence-corrected chi connectivity index (χ2v) is 8.32. The van der Waals surface area contributed by atoms with E-state index < -0.39 is 0 Å². The van der Waals surface area contributed by atoms with Gasteiger partial charge in [-0.15, -0.1) is 24.0 Å². The molecule has 4 rings (SSSR count). The van der Waals surface area contributed by atoms with Crippen LogP contribution in [0.2, 0.25) is 0 Å². The van der Waals surface area contributed by atoms with Crippen molar-refractivity contribution in [2.45, 2.75) is 51.6 Å². The normalized spacial score (nSPS) is 27.1. The maximum atomic E-state index is 6.15. The SMILES string of the molecule is CCNC(=NCC1CCCOC1c1ccccc1)N1CCC2(CCC2)C1.I. The highest BCUT2D eigenvalue weighted by Crippen LogP contribution is 2.47. The minimum atomic E-state index is 0. The lowest BCUT2D eigenvalue weighted by Gasteiger charge is -2.38. The van der Waals surface area contributed by atoms with Crippen molar-refractivity contribution in [2.24, 2.45) is 16.3 Å². The van der Waals surface area contributed by atoms with Gasteiger partial charge in [0.25, 0.3) is 0 Å². The van der Waals surface area contributed by atoms with Crippen molar-refractivity contribution in [1.29, 1.82) is 0 Å². The van der Waals surface area contributed by atoms with Crippen molar-refractivity contribution in [3.8, 4) is 0 Å². The number of ether oxygens (including phenoxy) is 1. The summed E-state index contributed by atoms with van der Waals surface area (Å²) in [5, 5.41) is 3.54. The topological polar surface area (TPSA) is 36.9 Å². The lowest BCUT2D eigenvalue weighted by atomic mass is 9.68. The summed E-state index contributed by atoms with van der Waals surface area (Å²) in [7, 11) is 0. The summed E-state index contributed by atoms with van der Waals surface area (Å²) in [6, 6.07) is 10.7. The van der Waals surface area contributed by atoms with Gasteiger partial charge in [0.2, 0.25) is 0 Å². The van der Waals surface area contributed by atoms with Crippen LogP contribution in [0.25, 0.3) is 0 Å². The maximum absolute atomic E-state index is 6.15. The minimum Gasteiger partial charge on any atom is -0.373 e. The Labute approximate surface area is 181 Å². The van der Waals surface area contributed by atoms with Crippen molar-refractivity contribution in [3.63, 3.8) is 0 Å². The van der Waals surface area contributed by atoms with Crippen LogP contribution in [0.3, 0.4) is 0 Å². The molecule has 1 aliphatic carbocycles. The molecule has 0 bridgehead atoms. The van der Waals surface area contributed by atoms with Crippen LogP contribution in [0.4, 0.5) is 0 Å². The Balaban J connectivity index is 0.00000210. The molecule has 1 N–H and O–H groups in total. The van der Waals surface area contributed by atoms with Crippen LogP contribution in [0, 0.1) is 11.3 Å². The molecule has 0 radical (unpaired) electrons. The molecular formula is C22H34IN3O. The molecule has 2 unspecified atom stereocenters. The van der Waals surface area contributed by atoms with Crippen molar-refractivity contribution in [1.82, 2.24) is 10.2 Å². The largest absolute Gasteiger partial charge is 0.373 e. The summed E-state index contributed by atoms with van der Waals surface area (Å²) in [4.78, 5) is 7.57. The van der Waals surface area contributed by atoms with Crippen molar-refractivity contribution in [2.75, 3.05) is 32.8 Å². The van der Waals surface area contributed by atoms with Crippen LogP contribution in [-0.4, -0.2) is 43.6 Å². The average Bonchev–Trinajstić information content (AvgIpc) is 3.12. The fourth-order valence-corrected chi connectivity index (χ4v) is 4.87. The number of nitrogens with one attached hydrogen (secondary N) is 1. The van der Waals surface area contributed by atoms with Gasteiger partial charge in [-0.1, -0.05) is 36.8 Å². The Morgan fingerprint density at radius 3 is 2.70 bits per heavy atom. The average molecular weight is 483 g/mol. The van der Waals surface area contributed by atoms with Crippen LogP contribution in [-0.2, 0) is 4.74 Å². The molecule has 27 heavy (non-hydrogen) atoms. The van der Waals surface area contributed by atoms with Gasteiger partial charge in [-0.25, -0.2) is 0 Å². The summed E-state index contributed by atoms with van der Waals surface area (Å²) in [6.07, 6.45) is 8.12. The summed E-state index contributed by atoms with van der Waals surface area (Å²) >= 11 is 0. The van der Waals surface area contributed by atoms with Crippen LogP contribution >= 0.6 is 24.0 Å². The third-order valence-corrected chi connectivity index (χ3v) is 6.54. The first-order valence-corrected chi connectivity index (χ1v) is 10.5. The third kappa shape index (κ3) is 4.78. The number of benzene rings is 1. The second-order valence-electron chi connectivity index (χ2n) is 8.32. The zero-order chi connectivity index (χ0) is 17.8. The number of halogens is 1. The molecule has 150 valence electrons. The first kappa shape index (κ1) is 20.9. The molecule has 1 saturated carbocycles. The van der Waals surface area contributed by atoms with E-state index in [1.165, 1.54) is 44.2 Å². The Hall–Kier alpha value is -0.820. The van der Waals surface area contributed by atoms with Gasteiger partial charge in [-0.2, -0.15) is 0 Å². The lowest BCUT2D eigenvalue weighted by molar-refractivity contribution is -0.0250. The van der Waals surface area contributed by atoms with E-state index in [1.54, 1.807) is 0 Å². The fourth-order valence-electron chi connectivity index (χ4n) is 4.87. The molecule has 1 aromatic carbocycles. The molecule has 1 spiro atoms. The molecule has 0 amide bonds. The molecule has 1 aromatic rings. The smallest absolute Gasteiger partial charge is 0.193 e. The van der Waals surface area contributed by atoms with Gasteiger partial charge in [0.1, 0.15) is 0 Å². The highest BCUT2D eigenvalue weighted by atomic mass is 127. The molecule has 0 aromatic heterocycles. The Morgan fingerprint density at radius 1 is 1.22 bits per heavy atom. The van der Waals surface area contributed by atoms with E-state index in [4.69, 9.17) is 9.73 Å². The predicted molar refractivity (Wildman–Crippen MR) is 122 cm³/mol. The van der Waals surface area contributed by atoms with Crippen LogP contribution in [0.1, 0.15) is 57.1 Å². The number of nitrogens with zero attached hydrogens (tertiary/aromatic N) is 2. The van der Waals surface area contributed by atoms with Crippen LogP contribution in [0.5, 0.6) is 0 Å². The molecule has 3 aliphatic rings. The molecule has 3 fully saturated rings. The van der Waals surface area contributed by atoms with E-state index in [2.05, 4.69) is 47.5 Å². The van der Waals surface area contributed by atoms with Crippen LogP contribution in [0.15, 0.2) is 35.3 Å². The predicted octanol–water partition coefficient (Wildman–Crippen LogP) is 4.61. The third-order valence-electron chi connectivity index (χ3n) is 6.54. The zero-order valence-electron chi connectivity index (χ0n) is 16.5. The quantitative estimate of drug-likeness (QED) is 0.386. The van der Waals surface area contributed by atoms with E-state index >= 15 is 0 Å². The van der Waals surface area contributed by atoms with Gasteiger partial charge >= 0.3 is 0 Å². The Kier molecular flexibility index (Phi) is 7.42. The number of guanidine groups is 1. The molecule has 2 atom stereocenters. The molecule has 2 heterocycles. The monoisotopic (exact) mass is 483 g/mol. The van der Waals surface area contributed by atoms with Gasteiger partial charge < -0.3 is 15.0 Å². The highest BCUT2D eigenvalue weighted by Gasteiger charge is 2.43. The van der Waals surface area contributed by atoms with E-state index in [-0.39, 0.29) is 30.1 Å². The number of likely N-dealkylation sites (tertiary alicyclic amines) is 1. The zero-order valence-corrected chi connectivity index (χ0v) is 18.9. The molecule has 4 nitrogen and oxygen atoms in total. The summed E-state index contributed by atoms with van der Waals surface area (Å²) in [5.74, 6) is 1.59. The van der Waals surface area contributed by atoms with E-state index in [1.807, 2.05) is 0 Å². The number of hydrogen-bond donors (Lipinski definition) is 1. The van der Waals surface area contributed by atoms with Crippen molar-refractivity contribution < 1.29 is 4.74 Å². The van der Waals surface area contributed by atoms with E-state index in [0.29, 0.717) is 11.3 Å². The molecule has 5 heteroatoms. The van der Waals surface area contributed by atoms with Crippen LogP contribution < -0.4 is 5.32 Å². The molecule has 2 aliphatic heterocycles.